The Morgan fingerprint density at radius 1 is 1.28 bits per heavy atom. The monoisotopic (exact) mass is 338 g/mol. The number of hydrogen-bond donors (Lipinski definition) is 0. The first kappa shape index (κ1) is 15.5. The van der Waals surface area contributed by atoms with E-state index in [9.17, 15) is 9.59 Å². The van der Waals surface area contributed by atoms with Crippen molar-refractivity contribution in [1.29, 1.82) is 0 Å². The highest BCUT2D eigenvalue weighted by molar-refractivity contribution is 5.94. The summed E-state index contributed by atoms with van der Waals surface area (Å²) in [6.45, 7) is 1.16. The van der Waals surface area contributed by atoms with Gasteiger partial charge in [0.05, 0.1) is 17.8 Å². The van der Waals surface area contributed by atoms with Crippen LogP contribution >= 0.6 is 0 Å². The first-order valence-electron chi connectivity index (χ1n) is 8.23. The van der Waals surface area contributed by atoms with Gasteiger partial charge in [0, 0.05) is 32.5 Å². The number of aromatic nitrogens is 5. The van der Waals surface area contributed by atoms with E-state index in [0.717, 1.165) is 12.8 Å². The minimum Gasteiger partial charge on any atom is -0.337 e. The molecule has 3 aromatic heterocycles. The van der Waals surface area contributed by atoms with Crippen molar-refractivity contribution in [2.75, 3.05) is 13.1 Å². The number of imidazole rings is 1. The Hall–Kier alpha value is -3.03. The van der Waals surface area contributed by atoms with E-state index in [-0.39, 0.29) is 17.6 Å². The molecule has 0 saturated carbocycles. The number of pyridine rings is 1. The zero-order valence-electron chi connectivity index (χ0n) is 13.9. The molecule has 0 N–H and O–H groups in total. The lowest BCUT2D eigenvalue weighted by Gasteiger charge is -2.33. The van der Waals surface area contributed by atoms with Gasteiger partial charge in [0.2, 0.25) is 0 Å². The average molecular weight is 338 g/mol. The number of aryl methyl sites for hydroxylation is 1. The zero-order valence-corrected chi connectivity index (χ0v) is 13.9. The Morgan fingerprint density at radius 2 is 2.16 bits per heavy atom. The van der Waals surface area contributed by atoms with Gasteiger partial charge < -0.3 is 4.90 Å². The minimum absolute atomic E-state index is 0.0549. The average Bonchev–Trinajstić information content (AvgIpc) is 2.93. The molecule has 8 nitrogen and oxygen atoms in total. The second kappa shape index (κ2) is 6.12. The van der Waals surface area contributed by atoms with Crippen LogP contribution in [0.1, 0.15) is 29.2 Å². The summed E-state index contributed by atoms with van der Waals surface area (Å²) in [5, 5.41) is 0. The lowest BCUT2D eigenvalue weighted by atomic mass is 10.0. The second-order valence-electron chi connectivity index (χ2n) is 6.23. The zero-order chi connectivity index (χ0) is 17.4. The van der Waals surface area contributed by atoms with Crippen molar-refractivity contribution in [2.45, 2.75) is 18.9 Å². The molecule has 8 heteroatoms. The SMILES string of the molecule is Cn1c(=O)n([C@@H]2CCCN(C(=O)c3cccnc3)C2)c2ncncc21. The molecule has 0 aromatic carbocycles. The first-order chi connectivity index (χ1) is 12.2. The van der Waals surface area contributed by atoms with Gasteiger partial charge in [0.1, 0.15) is 11.8 Å². The van der Waals surface area contributed by atoms with Crippen molar-refractivity contribution < 1.29 is 4.79 Å². The van der Waals surface area contributed by atoms with Gasteiger partial charge in [-0.25, -0.2) is 14.8 Å². The summed E-state index contributed by atoms with van der Waals surface area (Å²) >= 11 is 0. The molecular formula is C17H18N6O2. The normalized spacial score (nSPS) is 17.8. The van der Waals surface area contributed by atoms with Crippen LogP contribution in [0.15, 0.2) is 41.8 Å². The van der Waals surface area contributed by atoms with Crippen LogP contribution in [-0.4, -0.2) is 48.0 Å². The smallest absolute Gasteiger partial charge is 0.330 e. The number of rotatable bonds is 2. The molecule has 1 atom stereocenters. The Labute approximate surface area is 143 Å². The third kappa shape index (κ3) is 2.59. The number of carbonyl (C=O) groups is 1. The number of carbonyl (C=O) groups excluding carboxylic acids is 1. The molecule has 4 heterocycles. The predicted octanol–water partition coefficient (Wildman–Crippen LogP) is 1.00. The first-order valence-corrected chi connectivity index (χ1v) is 8.23. The van der Waals surface area contributed by atoms with E-state index in [2.05, 4.69) is 15.0 Å². The summed E-state index contributed by atoms with van der Waals surface area (Å²) in [4.78, 5) is 39.5. The van der Waals surface area contributed by atoms with Gasteiger partial charge in [-0.1, -0.05) is 0 Å². The van der Waals surface area contributed by atoms with Crippen molar-refractivity contribution in [3.05, 3.63) is 53.1 Å². The number of hydrogen-bond acceptors (Lipinski definition) is 5. The number of fused-ring (bicyclic) bond motifs is 1. The van der Waals surface area contributed by atoms with Gasteiger partial charge in [-0.05, 0) is 25.0 Å². The van der Waals surface area contributed by atoms with Gasteiger partial charge in [0.15, 0.2) is 5.65 Å². The number of amides is 1. The Bertz CT molecular complexity index is 978. The fourth-order valence-corrected chi connectivity index (χ4v) is 3.44. The third-order valence-corrected chi connectivity index (χ3v) is 4.71. The quantitative estimate of drug-likeness (QED) is 0.696. The van der Waals surface area contributed by atoms with Crippen LogP contribution in [0.4, 0.5) is 0 Å². The summed E-state index contributed by atoms with van der Waals surface area (Å²) < 4.78 is 3.25. The van der Waals surface area contributed by atoms with Crippen molar-refractivity contribution in [2.24, 2.45) is 7.05 Å². The van der Waals surface area contributed by atoms with E-state index in [1.54, 1.807) is 51.8 Å². The summed E-state index contributed by atoms with van der Waals surface area (Å²) in [5.41, 5.74) is 1.75. The molecule has 1 amide bonds. The van der Waals surface area contributed by atoms with Crippen LogP contribution in [0, 0.1) is 0 Å². The van der Waals surface area contributed by atoms with Crippen molar-refractivity contribution in [3.8, 4) is 0 Å². The summed E-state index contributed by atoms with van der Waals surface area (Å²) in [7, 11) is 1.71. The van der Waals surface area contributed by atoms with Crippen LogP contribution in [0.25, 0.3) is 11.2 Å². The van der Waals surface area contributed by atoms with Crippen LogP contribution in [0.2, 0.25) is 0 Å². The standard InChI is InChI=1S/C17H18N6O2/c1-21-14-9-19-11-20-15(14)23(17(21)25)13-5-3-7-22(10-13)16(24)12-4-2-6-18-8-12/h2,4,6,8-9,11,13H,3,5,7,10H2,1H3/t13-/m1/s1. The molecule has 0 aliphatic carbocycles. The van der Waals surface area contributed by atoms with Gasteiger partial charge in [-0.2, -0.15) is 0 Å². The predicted molar refractivity (Wildman–Crippen MR) is 91.2 cm³/mol. The molecule has 0 unspecified atom stereocenters. The lowest BCUT2D eigenvalue weighted by Crippen LogP contribution is -2.43. The molecule has 0 radical (unpaired) electrons. The second-order valence-corrected chi connectivity index (χ2v) is 6.23. The number of piperidine rings is 1. The minimum atomic E-state index is -0.129. The van der Waals surface area contributed by atoms with E-state index in [1.807, 2.05) is 0 Å². The highest BCUT2D eigenvalue weighted by Gasteiger charge is 2.28. The van der Waals surface area contributed by atoms with E-state index in [1.165, 1.54) is 6.33 Å². The van der Waals surface area contributed by atoms with Crippen LogP contribution in [-0.2, 0) is 7.05 Å². The van der Waals surface area contributed by atoms with Crippen LogP contribution in [0.3, 0.4) is 0 Å². The summed E-state index contributed by atoms with van der Waals surface area (Å²) in [5.74, 6) is -0.0549. The molecule has 25 heavy (non-hydrogen) atoms. The summed E-state index contributed by atoms with van der Waals surface area (Å²) in [6.07, 6.45) is 7.97. The Balaban J connectivity index is 1.68. The molecule has 0 bridgehead atoms. The molecule has 1 aliphatic heterocycles. The van der Waals surface area contributed by atoms with Crippen LogP contribution in [0.5, 0.6) is 0 Å². The van der Waals surface area contributed by atoms with Gasteiger partial charge in [-0.15, -0.1) is 0 Å². The maximum atomic E-state index is 12.7. The molecule has 1 fully saturated rings. The van der Waals surface area contributed by atoms with E-state index >= 15 is 0 Å². The number of nitrogens with zero attached hydrogens (tertiary/aromatic N) is 6. The van der Waals surface area contributed by atoms with Gasteiger partial charge in [0.25, 0.3) is 5.91 Å². The highest BCUT2D eigenvalue weighted by atomic mass is 16.2. The van der Waals surface area contributed by atoms with Gasteiger partial charge in [-0.3, -0.25) is 18.9 Å². The van der Waals surface area contributed by atoms with E-state index in [0.29, 0.717) is 29.8 Å². The van der Waals surface area contributed by atoms with E-state index < -0.39 is 0 Å². The largest absolute Gasteiger partial charge is 0.337 e. The third-order valence-electron chi connectivity index (χ3n) is 4.71. The maximum absolute atomic E-state index is 12.7. The molecule has 3 aromatic rings. The van der Waals surface area contributed by atoms with Crippen molar-refractivity contribution in [1.82, 2.24) is 29.0 Å². The fourth-order valence-electron chi connectivity index (χ4n) is 3.44. The van der Waals surface area contributed by atoms with E-state index in [4.69, 9.17) is 0 Å². The van der Waals surface area contributed by atoms with Crippen molar-refractivity contribution in [3.63, 3.8) is 0 Å². The molecular weight excluding hydrogens is 320 g/mol. The molecule has 1 saturated heterocycles. The molecule has 0 spiro atoms. The van der Waals surface area contributed by atoms with Crippen molar-refractivity contribution >= 4 is 17.1 Å². The lowest BCUT2D eigenvalue weighted by molar-refractivity contribution is 0.0678. The maximum Gasteiger partial charge on any atom is 0.330 e. The molecule has 128 valence electrons. The highest BCUT2D eigenvalue weighted by Crippen LogP contribution is 2.24. The topological polar surface area (TPSA) is 85.9 Å². The van der Waals surface area contributed by atoms with Gasteiger partial charge >= 0.3 is 5.69 Å². The Kier molecular flexibility index (Phi) is 3.79. The summed E-state index contributed by atoms with van der Waals surface area (Å²) in [6, 6.07) is 3.41. The Morgan fingerprint density at radius 3 is 2.96 bits per heavy atom. The van der Waals surface area contributed by atoms with Crippen LogP contribution < -0.4 is 5.69 Å². The molecule has 4 rings (SSSR count). The molecule has 1 aliphatic rings. The fraction of sp³-hybridized carbons (Fsp3) is 0.353. The number of likely N-dealkylation sites (tertiary alicyclic amines) is 1.